The summed E-state index contributed by atoms with van der Waals surface area (Å²) in [5.74, 6) is 1.82. The maximum Gasteiger partial charge on any atom is 0.191 e. The summed E-state index contributed by atoms with van der Waals surface area (Å²) < 4.78 is 0. The fourth-order valence-electron chi connectivity index (χ4n) is 3.12. The maximum absolute atomic E-state index is 4.56. The second kappa shape index (κ2) is 9.87. The van der Waals surface area contributed by atoms with E-state index in [1.54, 1.807) is 13.2 Å². The molecule has 1 saturated heterocycles. The van der Waals surface area contributed by atoms with E-state index in [4.69, 9.17) is 0 Å². The summed E-state index contributed by atoms with van der Waals surface area (Å²) in [7, 11) is 1.78. The van der Waals surface area contributed by atoms with Crippen LogP contribution in [0.25, 0.3) is 0 Å². The lowest BCUT2D eigenvalue weighted by molar-refractivity contribution is 0.270. The minimum Gasteiger partial charge on any atom is -0.354 e. The molecule has 27 heavy (non-hydrogen) atoms. The van der Waals surface area contributed by atoms with Crippen LogP contribution in [0.3, 0.4) is 0 Å². The van der Waals surface area contributed by atoms with Gasteiger partial charge in [-0.05, 0) is 36.4 Å². The molecule has 0 amide bonds. The molecule has 144 valence electrons. The summed E-state index contributed by atoms with van der Waals surface area (Å²) >= 11 is 0. The molecule has 0 aromatic carbocycles. The molecule has 1 fully saturated rings. The third-order valence-corrected chi connectivity index (χ3v) is 4.80. The number of nitrogens with one attached hydrogen (secondary N) is 2. The van der Waals surface area contributed by atoms with Crippen LogP contribution < -0.4 is 15.5 Å². The zero-order valence-electron chi connectivity index (χ0n) is 16.2. The number of hydrogen-bond acceptors (Lipinski definition) is 5. The molecule has 0 bridgehead atoms. The fraction of sp³-hybridized carbons (Fsp3) is 0.450. The van der Waals surface area contributed by atoms with Gasteiger partial charge in [-0.1, -0.05) is 13.0 Å². The number of pyridine rings is 2. The Morgan fingerprint density at radius 3 is 2.56 bits per heavy atom. The zero-order valence-corrected chi connectivity index (χ0v) is 16.2. The molecule has 7 heteroatoms. The standard InChI is InChI=1S/C20H29N7/c1-3-26-10-12-27(13-11-26)19-14-17(7-9-23-19)15-24-20(21-2)25-16-18-6-4-5-8-22-18/h4-9,14H,3,10-13,15-16H2,1-2H3,(H2,21,24,25). The van der Waals surface area contributed by atoms with Crippen LogP contribution in [0.15, 0.2) is 47.7 Å². The maximum atomic E-state index is 4.56. The van der Waals surface area contributed by atoms with Gasteiger partial charge in [-0.15, -0.1) is 0 Å². The van der Waals surface area contributed by atoms with Gasteiger partial charge in [-0.3, -0.25) is 9.98 Å². The summed E-state index contributed by atoms with van der Waals surface area (Å²) in [6.07, 6.45) is 3.69. The summed E-state index contributed by atoms with van der Waals surface area (Å²) in [6, 6.07) is 10.1. The normalized spacial score (nSPS) is 15.6. The molecule has 0 atom stereocenters. The molecule has 0 unspecified atom stereocenters. The molecule has 0 saturated carbocycles. The molecule has 2 aromatic heterocycles. The van der Waals surface area contributed by atoms with E-state index in [0.717, 1.165) is 50.2 Å². The summed E-state index contributed by atoms with van der Waals surface area (Å²) in [5.41, 5.74) is 2.18. The molecule has 0 aliphatic carbocycles. The first-order chi connectivity index (χ1) is 13.3. The van der Waals surface area contributed by atoms with Crippen molar-refractivity contribution >= 4 is 11.8 Å². The third-order valence-electron chi connectivity index (χ3n) is 4.80. The van der Waals surface area contributed by atoms with Gasteiger partial charge in [0.25, 0.3) is 0 Å². The van der Waals surface area contributed by atoms with E-state index in [-0.39, 0.29) is 0 Å². The van der Waals surface area contributed by atoms with Crippen LogP contribution in [0.4, 0.5) is 5.82 Å². The molecule has 1 aliphatic rings. The van der Waals surface area contributed by atoms with Gasteiger partial charge in [0.1, 0.15) is 5.82 Å². The highest BCUT2D eigenvalue weighted by Gasteiger charge is 2.16. The molecule has 7 nitrogen and oxygen atoms in total. The van der Waals surface area contributed by atoms with Crippen molar-refractivity contribution in [1.82, 2.24) is 25.5 Å². The lowest BCUT2D eigenvalue weighted by Gasteiger charge is -2.34. The minimum absolute atomic E-state index is 0.643. The molecule has 3 rings (SSSR count). The van der Waals surface area contributed by atoms with Crippen molar-refractivity contribution in [3.05, 3.63) is 54.0 Å². The lowest BCUT2D eigenvalue weighted by atomic mass is 10.2. The van der Waals surface area contributed by atoms with E-state index in [2.05, 4.69) is 48.4 Å². The molecule has 1 aliphatic heterocycles. The van der Waals surface area contributed by atoms with Crippen LogP contribution in [-0.2, 0) is 13.1 Å². The number of likely N-dealkylation sites (N-methyl/N-ethyl adjacent to an activating group) is 1. The van der Waals surface area contributed by atoms with E-state index in [1.807, 2.05) is 30.5 Å². The first-order valence-corrected chi connectivity index (χ1v) is 9.55. The summed E-state index contributed by atoms with van der Waals surface area (Å²) in [6.45, 7) is 8.95. The number of piperazine rings is 1. The molecular formula is C20H29N7. The molecular weight excluding hydrogens is 338 g/mol. The van der Waals surface area contributed by atoms with Gasteiger partial charge >= 0.3 is 0 Å². The fourth-order valence-corrected chi connectivity index (χ4v) is 3.12. The molecule has 0 radical (unpaired) electrons. The van der Waals surface area contributed by atoms with Crippen LogP contribution >= 0.6 is 0 Å². The van der Waals surface area contributed by atoms with Crippen molar-refractivity contribution < 1.29 is 0 Å². The van der Waals surface area contributed by atoms with Gasteiger partial charge in [0, 0.05) is 52.2 Å². The van der Waals surface area contributed by atoms with Crippen LogP contribution in [0.5, 0.6) is 0 Å². The number of nitrogens with zero attached hydrogens (tertiary/aromatic N) is 5. The highest BCUT2D eigenvalue weighted by molar-refractivity contribution is 5.79. The van der Waals surface area contributed by atoms with Gasteiger partial charge in [0.15, 0.2) is 5.96 Å². The SMILES string of the molecule is CCN1CCN(c2cc(CNC(=NC)NCc3ccccn3)ccn2)CC1. The Morgan fingerprint density at radius 1 is 1.04 bits per heavy atom. The van der Waals surface area contributed by atoms with Crippen LogP contribution in [-0.4, -0.2) is 60.6 Å². The average molecular weight is 368 g/mol. The number of aromatic nitrogens is 2. The summed E-state index contributed by atoms with van der Waals surface area (Å²) in [5, 5.41) is 6.65. The topological polar surface area (TPSA) is 68.7 Å². The Morgan fingerprint density at radius 2 is 1.85 bits per heavy atom. The van der Waals surface area contributed by atoms with E-state index in [1.165, 1.54) is 5.56 Å². The molecule has 2 N–H and O–H groups in total. The first-order valence-electron chi connectivity index (χ1n) is 9.55. The second-order valence-electron chi connectivity index (χ2n) is 6.54. The van der Waals surface area contributed by atoms with Gasteiger partial charge < -0.3 is 20.4 Å². The Hall–Kier alpha value is -2.67. The molecule has 2 aromatic rings. The van der Waals surface area contributed by atoms with Crippen LogP contribution in [0, 0.1) is 0 Å². The minimum atomic E-state index is 0.643. The van der Waals surface area contributed by atoms with Gasteiger partial charge in [-0.25, -0.2) is 4.98 Å². The Kier molecular flexibility index (Phi) is 6.98. The smallest absolute Gasteiger partial charge is 0.191 e. The van der Waals surface area contributed by atoms with E-state index >= 15 is 0 Å². The van der Waals surface area contributed by atoms with Gasteiger partial charge in [-0.2, -0.15) is 0 Å². The van der Waals surface area contributed by atoms with E-state index in [9.17, 15) is 0 Å². The van der Waals surface area contributed by atoms with Crippen molar-refractivity contribution in [1.29, 1.82) is 0 Å². The molecule has 0 spiro atoms. The van der Waals surface area contributed by atoms with E-state index in [0.29, 0.717) is 13.1 Å². The van der Waals surface area contributed by atoms with E-state index < -0.39 is 0 Å². The van der Waals surface area contributed by atoms with Crippen molar-refractivity contribution in [2.24, 2.45) is 4.99 Å². The number of anilines is 1. The zero-order chi connectivity index (χ0) is 18.9. The average Bonchev–Trinajstić information content (AvgIpc) is 2.75. The van der Waals surface area contributed by atoms with Crippen molar-refractivity contribution in [3.63, 3.8) is 0 Å². The van der Waals surface area contributed by atoms with Crippen molar-refractivity contribution in [3.8, 4) is 0 Å². The Balaban J connectivity index is 1.51. The Bertz CT molecular complexity index is 724. The quantitative estimate of drug-likeness (QED) is 0.595. The third kappa shape index (κ3) is 5.65. The first kappa shape index (κ1) is 19.1. The highest BCUT2D eigenvalue weighted by atomic mass is 15.3. The number of aliphatic imine (C=N–C) groups is 1. The predicted molar refractivity (Wildman–Crippen MR) is 110 cm³/mol. The van der Waals surface area contributed by atoms with Crippen LogP contribution in [0.2, 0.25) is 0 Å². The van der Waals surface area contributed by atoms with Crippen molar-refractivity contribution in [2.45, 2.75) is 20.0 Å². The monoisotopic (exact) mass is 367 g/mol. The largest absolute Gasteiger partial charge is 0.354 e. The Labute approximate surface area is 161 Å². The van der Waals surface area contributed by atoms with Crippen molar-refractivity contribution in [2.75, 3.05) is 44.7 Å². The van der Waals surface area contributed by atoms with Gasteiger partial charge in [0.05, 0.1) is 12.2 Å². The summed E-state index contributed by atoms with van der Waals surface area (Å²) in [4.78, 5) is 18.0. The predicted octanol–water partition coefficient (Wildman–Crippen LogP) is 1.48. The van der Waals surface area contributed by atoms with Gasteiger partial charge in [0.2, 0.25) is 0 Å². The number of rotatable bonds is 6. The number of hydrogen-bond donors (Lipinski definition) is 2. The second-order valence-corrected chi connectivity index (χ2v) is 6.54. The lowest BCUT2D eigenvalue weighted by Crippen LogP contribution is -2.46. The van der Waals surface area contributed by atoms with Crippen LogP contribution in [0.1, 0.15) is 18.2 Å². The highest BCUT2D eigenvalue weighted by Crippen LogP contribution is 2.15. The molecule has 3 heterocycles. The number of guanidine groups is 1.